The Bertz CT molecular complexity index is 380. The second-order valence-electron chi connectivity index (χ2n) is 5.65. The Balaban J connectivity index is 1.80. The standard InChI is InChI=1S/C14H22N2S/c15-9-10-6-7-12-13(8-10)17-16-14(12)11-4-2-1-3-5-11/h10-11H,1-9,15H2. The van der Waals surface area contributed by atoms with Crippen molar-refractivity contribution in [1.29, 1.82) is 0 Å². The molecule has 3 heteroatoms. The van der Waals surface area contributed by atoms with E-state index >= 15 is 0 Å². The number of hydrogen-bond donors (Lipinski definition) is 1. The number of nitrogens with two attached hydrogens (primary N) is 1. The van der Waals surface area contributed by atoms with Gasteiger partial charge in [-0.3, -0.25) is 0 Å². The van der Waals surface area contributed by atoms with Gasteiger partial charge < -0.3 is 5.73 Å². The maximum Gasteiger partial charge on any atom is 0.0607 e. The van der Waals surface area contributed by atoms with Gasteiger partial charge in [0.1, 0.15) is 0 Å². The van der Waals surface area contributed by atoms with Gasteiger partial charge in [0.15, 0.2) is 0 Å². The van der Waals surface area contributed by atoms with Crippen molar-refractivity contribution >= 4 is 11.5 Å². The van der Waals surface area contributed by atoms with E-state index in [4.69, 9.17) is 10.1 Å². The Morgan fingerprint density at radius 1 is 1.18 bits per heavy atom. The molecular formula is C14H22N2S. The lowest BCUT2D eigenvalue weighted by molar-refractivity contribution is 0.428. The number of aromatic nitrogens is 1. The van der Waals surface area contributed by atoms with E-state index in [9.17, 15) is 0 Å². The lowest BCUT2D eigenvalue weighted by Crippen LogP contribution is -2.22. The van der Waals surface area contributed by atoms with Crippen molar-refractivity contribution < 1.29 is 0 Å². The molecule has 0 aromatic carbocycles. The molecule has 1 aromatic heterocycles. The van der Waals surface area contributed by atoms with Crippen LogP contribution in [0.3, 0.4) is 0 Å². The molecule has 1 atom stereocenters. The Morgan fingerprint density at radius 2 is 2.00 bits per heavy atom. The minimum atomic E-state index is 0.710. The van der Waals surface area contributed by atoms with E-state index in [0.29, 0.717) is 5.92 Å². The van der Waals surface area contributed by atoms with E-state index in [1.807, 2.05) is 0 Å². The summed E-state index contributed by atoms with van der Waals surface area (Å²) in [5, 5.41) is 0. The zero-order chi connectivity index (χ0) is 11.7. The van der Waals surface area contributed by atoms with Crippen LogP contribution in [0.5, 0.6) is 0 Å². The van der Waals surface area contributed by atoms with Crippen molar-refractivity contribution in [2.75, 3.05) is 6.54 Å². The third-order valence-electron chi connectivity index (χ3n) is 4.50. The van der Waals surface area contributed by atoms with Crippen molar-refractivity contribution in [3.63, 3.8) is 0 Å². The average Bonchev–Trinajstić information content (AvgIpc) is 2.82. The summed E-state index contributed by atoms with van der Waals surface area (Å²) in [6.45, 7) is 0.843. The van der Waals surface area contributed by atoms with Crippen LogP contribution < -0.4 is 5.73 Å². The zero-order valence-electron chi connectivity index (χ0n) is 10.5. The normalized spacial score (nSPS) is 25.8. The predicted octanol–water partition coefficient (Wildman–Crippen LogP) is 3.25. The van der Waals surface area contributed by atoms with Gasteiger partial charge in [-0.1, -0.05) is 19.3 Å². The fourth-order valence-corrected chi connectivity index (χ4v) is 4.49. The van der Waals surface area contributed by atoms with Crippen LogP contribution in [0.25, 0.3) is 0 Å². The summed E-state index contributed by atoms with van der Waals surface area (Å²) in [7, 11) is 0. The van der Waals surface area contributed by atoms with Gasteiger partial charge in [0, 0.05) is 10.8 Å². The largest absolute Gasteiger partial charge is 0.330 e. The fourth-order valence-electron chi connectivity index (χ4n) is 3.40. The highest BCUT2D eigenvalue weighted by Crippen LogP contribution is 2.39. The van der Waals surface area contributed by atoms with Crippen LogP contribution in [-0.4, -0.2) is 10.9 Å². The third kappa shape index (κ3) is 2.27. The van der Waals surface area contributed by atoms with Crippen molar-refractivity contribution in [2.24, 2.45) is 11.7 Å². The molecule has 1 fully saturated rings. The first kappa shape index (κ1) is 11.7. The highest BCUT2D eigenvalue weighted by Gasteiger charge is 2.27. The first-order chi connectivity index (χ1) is 8.38. The summed E-state index contributed by atoms with van der Waals surface area (Å²) in [6, 6.07) is 0. The summed E-state index contributed by atoms with van der Waals surface area (Å²) in [5.74, 6) is 1.49. The molecular weight excluding hydrogens is 228 g/mol. The van der Waals surface area contributed by atoms with Gasteiger partial charge >= 0.3 is 0 Å². The maximum atomic E-state index is 5.79. The lowest BCUT2D eigenvalue weighted by Gasteiger charge is -2.24. The van der Waals surface area contributed by atoms with Gasteiger partial charge in [-0.2, -0.15) is 4.37 Å². The molecule has 0 bridgehead atoms. The van der Waals surface area contributed by atoms with Gasteiger partial charge in [-0.25, -0.2) is 0 Å². The second-order valence-corrected chi connectivity index (χ2v) is 6.51. The third-order valence-corrected chi connectivity index (χ3v) is 5.42. The molecule has 3 rings (SSSR count). The molecule has 0 spiro atoms. The molecule has 1 unspecified atom stereocenters. The molecule has 0 aliphatic heterocycles. The summed E-state index contributed by atoms with van der Waals surface area (Å²) < 4.78 is 4.79. The van der Waals surface area contributed by atoms with Gasteiger partial charge in [-0.15, -0.1) is 0 Å². The SMILES string of the molecule is NCC1CCc2c(C3CCCCC3)nsc2C1. The first-order valence-electron chi connectivity index (χ1n) is 7.06. The quantitative estimate of drug-likeness (QED) is 0.875. The van der Waals surface area contributed by atoms with Gasteiger partial charge in [0.25, 0.3) is 0 Å². The monoisotopic (exact) mass is 250 g/mol. The molecule has 0 amide bonds. The van der Waals surface area contributed by atoms with Crippen LogP contribution in [0.4, 0.5) is 0 Å². The average molecular weight is 250 g/mol. The van der Waals surface area contributed by atoms with Crippen LogP contribution in [0.15, 0.2) is 0 Å². The molecule has 2 aliphatic rings. The second kappa shape index (κ2) is 5.07. The molecule has 2 nitrogen and oxygen atoms in total. The molecule has 1 aromatic rings. The van der Waals surface area contributed by atoms with Crippen LogP contribution in [-0.2, 0) is 12.8 Å². The number of rotatable bonds is 2. The first-order valence-corrected chi connectivity index (χ1v) is 7.83. The van der Waals surface area contributed by atoms with Gasteiger partial charge in [0.2, 0.25) is 0 Å². The van der Waals surface area contributed by atoms with E-state index in [1.54, 1.807) is 22.0 Å². The minimum absolute atomic E-state index is 0.710. The highest BCUT2D eigenvalue weighted by atomic mass is 32.1. The topological polar surface area (TPSA) is 38.9 Å². The fraction of sp³-hybridized carbons (Fsp3) is 0.786. The van der Waals surface area contributed by atoms with Crippen molar-refractivity contribution in [1.82, 2.24) is 4.37 Å². The van der Waals surface area contributed by atoms with E-state index in [1.165, 1.54) is 57.1 Å². The summed E-state index contributed by atoms with van der Waals surface area (Å²) in [4.78, 5) is 1.55. The Morgan fingerprint density at radius 3 is 2.76 bits per heavy atom. The number of fused-ring (bicyclic) bond motifs is 1. The van der Waals surface area contributed by atoms with Gasteiger partial charge in [0.05, 0.1) is 5.69 Å². The van der Waals surface area contributed by atoms with Crippen molar-refractivity contribution in [2.45, 2.75) is 57.3 Å². The molecule has 1 saturated carbocycles. The summed E-state index contributed by atoms with van der Waals surface area (Å²) in [6.07, 6.45) is 10.7. The highest BCUT2D eigenvalue weighted by molar-refractivity contribution is 7.06. The van der Waals surface area contributed by atoms with Crippen LogP contribution in [0.1, 0.15) is 60.6 Å². The predicted molar refractivity (Wildman–Crippen MR) is 72.5 cm³/mol. The Kier molecular flexibility index (Phi) is 3.48. The molecule has 0 radical (unpaired) electrons. The molecule has 17 heavy (non-hydrogen) atoms. The van der Waals surface area contributed by atoms with Crippen LogP contribution >= 0.6 is 11.5 Å². The number of nitrogens with zero attached hydrogens (tertiary/aromatic N) is 1. The molecule has 2 N–H and O–H groups in total. The summed E-state index contributed by atoms with van der Waals surface area (Å²) in [5.41, 5.74) is 8.88. The summed E-state index contributed by atoms with van der Waals surface area (Å²) >= 11 is 1.76. The Labute approximate surface area is 108 Å². The smallest absolute Gasteiger partial charge is 0.0607 e. The molecule has 0 saturated heterocycles. The van der Waals surface area contributed by atoms with Crippen molar-refractivity contribution in [3.8, 4) is 0 Å². The van der Waals surface area contributed by atoms with E-state index in [2.05, 4.69) is 0 Å². The van der Waals surface area contributed by atoms with E-state index < -0.39 is 0 Å². The Hall–Kier alpha value is -0.410. The van der Waals surface area contributed by atoms with Crippen LogP contribution in [0.2, 0.25) is 0 Å². The zero-order valence-corrected chi connectivity index (χ0v) is 11.3. The molecule has 94 valence electrons. The van der Waals surface area contributed by atoms with Crippen LogP contribution in [0, 0.1) is 5.92 Å². The van der Waals surface area contributed by atoms with E-state index in [-0.39, 0.29) is 0 Å². The lowest BCUT2D eigenvalue weighted by atomic mass is 9.81. The maximum absolute atomic E-state index is 5.79. The molecule has 2 aliphatic carbocycles. The number of hydrogen-bond acceptors (Lipinski definition) is 3. The molecule has 1 heterocycles. The van der Waals surface area contributed by atoms with Crippen molar-refractivity contribution in [3.05, 3.63) is 16.1 Å². The minimum Gasteiger partial charge on any atom is -0.330 e. The van der Waals surface area contributed by atoms with E-state index in [0.717, 1.165) is 12.5 Å². The van der Waals surface area contributed by atoms with Gasteiger partial charge in [-0.05, 0) is 61.7 Å².